The lowest BCUT2D eigenvalue weighted by molar-refractivity contribution is 0.102. The van der Waals surface area contributed by atoms with Crippen molar-refractivity contribution in [3.63, 3.8) is 0 Å². The summed E-state index contributed by atoms with van der Waals surface area (Å²) in [5, 5.41) is 3.73. The number of amides is 1. The zero-order chi connectivity index (χ0) is 20.4. The van der Waals surface area contributed by atoms with Crippen LogP contribution in [0.2, 0.25) is 0 Å². The zero-order valence-electron chi connectivity index (χ0n) is 16.2. The van der Waals surface area contributed by atoms with Gasteiger partial charge in [-0.2, -0.15) is 0 Å². The molecule has 1 N–H and O–H groups in total. The quantitative estimate of drug-likeness (QED) is 0.495. The van der Waals surface area contributed by atoms with Crippen LogP contribution in [0, 0.1) is 18.7 Å². The maximum atomic E-state index is 14.5. The molecule has 0 atom stereocenters. The number of aromatic nitrogens is 1. The van der Waals surface area contributed by atoms with E-state index in [1.165, 1.54) is 25.0 Å². The molecule has 29 heavy (non-hydrogen) atoms. The number of aryl methyl sites for hydroxylation is 1. The number of rotatable bonds is 7. The van der Waals surface area contributed by atoms with Crippen LogP contribution in [0.1, 0.15) is 40.7 Å². The summed E-state index contributed by atoms with van der Waals surface area (Å²) >= 11 is 5.86. The number of carbonyl (C=O) groups is 1. The lowest BCUT2D eigenvalue weighted by Gasteiger charge is -2.12. The largest absolute Gasteiger partial charge is 0.493 e. The molecule has 1 amide bonds. The molecule has 0 aliphatic heterocycles. The summed E-state index contributed by atoms with van der Waals surface area (Å²) in [6, 6.07) is 9.99. The van der Waals surface area contributed by atoms with E-state index in [0.717, 1.165) is 34.4 Å². The number of alkyl halides is 1. The second-order valence-electron chi connectivity index (χ2n) is 7.46. The van der Waals surface area contributed by atoms with E-state index in [9.17, 15) is 9.18 Å². The Morgan fingerprint density at radius 3 is 2.83 bits per heavy atom. The normalized spacial score (nSPS) is 13.5. The standard InChI is InChI=1S/C23H22ClFN2O2/c1-14-21(7-4-17-10-16(12-24)13-26-22(14)17)27-23(28)19-6-5-18(11-20(19)25)29-9-8-15-2-3-15/h4-7,10-11,13,15H,2-3,8-9,12H2,1H3,(H,27,28). The van der Waals surface area contributed by atoms with Crippen LogP contribution in [-0.2, 0) is 5.88 Å². The van der Waals surface area contributed by atoms with Crippen molar-refractivity contribution in [2.45, 2.75) is 32.1 Å². The number of nitrogens with one attached hydrogen (secondary N) is 1. The van der Waals surface area contributed by atoms with E-state index in [-0.39, 0.29) is 5.56 Å². The van der Waals surface area contributed by atoms with Crippen LogP contribution in [0.5, 0.6) is 5.75 Å². The first kappa shape index (κ1) is 19.6. The predicted octanol–water partition coefficient (Wildman–Crippen LogP) is 5.85. The molecule has 1 aliphatic rings. The van der Waals surface area contributed by atoms with Crippen LogP contribution < -0.4 is 10.1 Å². The van der Waals surface area contributed by atoms with Crippen LogP contribution in [0.15, 0.2) is 42.6 Å². The topological polar surface area (TPSA) is 51.2 Å². The SMILES string of the molecule is Cc1c(NC(=O)c2ccc(OCCC3CC3)cc2F)ccc2cc(CCl)cnc12. The average Bonchev–Trinajstić information content (AvgIpc) is 3.54. The van der Waals surface area contributed by atoms with Gasteiger partial charge < -0.3 is 10.1 Å². The molecule has 4 nitrogen and oxygen atoms in total. The van der Waals surface area contributed by atoms with Crippen LogP contribution in [0.4, 0.5) is 10.1 Å². The number of fused-ring (bicyclic) bond motifs is 1. The highest BCUT2D eigenvalue weighted by Gasteiger charge is 2.21. The van der Waals surface area contributed by atoms with E-state index in [2.05, 4.69) is 10.3 Å². The van der Waals surface area contributed by atoms with Gasteiger partial charge in [-0.1, -0.05) is 18.9 Å². The number of pyridine rings is 1. The Kier molecular flexibility index (Phi) is 5.67. The van der Waals surface area contributed by atoms with Crippen LogP contribution in [0.3, 0.4) is 0 Å². The van der Waals surface area contributed by atoms with E-state index in [1.54, 1.807) is 18.3 Å². The lowest BCUT2D eigenvalue weighted by atomic mass is 10.1. The molecule has 0 saturated heterocycles. The number of carbonyl (C=O) groups excluding carboxylic acids is 1. The monoisotopic (exact) mass is 412 g/mol. The maximum Gasteiger partial charge on any atom is 0.258 e. The van der Waals surface area contributed by atoms with Crippen LogP contribution in [0.25, 0.3) is 10.9 Å². The van der Waals surface area contributed by atoms with Gasteiger partial charge in [-0.15, -0.1) is 11.6 Å². The van der Waals surface area contributed by atoms with Gasteiger partial charge in [-0.3, -0.25) is 9.78 Å². The first-order chi connectivity index (χ1) is 14.0. The van der Waals surface area contributed by atoms with Gasteiger partial charge in [0.25, 0.3) is 5.91 Å². The van der Waals surface area contributed by atoms with E-state index in [1.807, 2.05) is 19.1 Å². The van der Waals surface area contributed by atoms with Gasteiger partial charge in [0.2, 0.25) is 0 Å². The number of anilines is 1. The molecule has 1 fully saturated rings. The van der Waals surface area contributed by atoms with E-state index in [4.69, 9.17) is 16.3 Å². The Balaban J connectivity index is 1.48. The highest BCUT2D eigenvalue weighted by Crippen LogP contribution is 2.32. The third kappa shape index (κ3) is 4.51. The minimum atomic E-state index is -0.602. The fourth-order valence-corrected chi connectivity index (χ4v) is 3.46. The molecule has 0 unspecified atom stereocenters. The van der Waals surface area contributed by atoms with Crippen molar-refractivity contribution in [1.82, 2.24) is 4.98 Å². The third-order valence-corrected chi connectivity index (χ3v) is 5.55. The smallest absolute Gasteiger partial charge is 0.258 e. The highest BCUT2D eigenvalue weighted by molar-refractivity contribution is 6.17. The van der Waals surface area contributed by atoms with Crippen molar-refractivity contribution in [1.29, 1.82) is 0 Å². The van der Waals surface area contributed by atoms with Crippen LogP contribution >= 0.6 is 11.6 Å². The van der Waals surface area contributed by atoms with Gasteiger partial charge in [-0.05, 0) is 54.7 Å². The number of ether oxygens (including phenoxy) is 1. The first-order valence-corrected chi connectivity index (χ1v) is 10.3. The molecule has 0 bridgehead atoms. The zero-order valence-corrected chi connectivity index (χ0v) is 16.9. The molecule has 2 aromatic carbocycles. The average molecular weight is 413 g/mol. The van der Waals surface area contributed by atoms with Crippen molar-refractivity contribution >= 4 is 34.1 Å². The first-order valence-electron chi connectivity index (χ1n) is 9.73. The number of hydrogen-bond acceptors (Lipinski definition) is 3. The molecule has 1 saturated carbocycles. The highest BCUT2D eigenvalue weighted by atomic mass is 35.5. The summed E-state index contributed by atoms with van der Waals surface area (Å²) in [5.41, 5.74) is 3.09. The van der Waals surface area contributed by atoms with Gasteiger partial charge in [0.05, 0.1) is 17.7 Å². The molecular weight excluding hydrogens is 391 g/mol. The van der Waals surface area contributed by atoms with E-state index >= 15 is 0 Å². The number of benzene rings is 2. The van der Waals surface area contributed by atoms with E-state index in [0.29, 0.717) is 23.9 Å². The number of hydrogen-bond donors (Lipinski definition) is 1. The van der Waals surface area contributed by atoms with E-state index < -0.39 is 11.7 Å². The van der Waals surface area contributed by atoms with Gasteiger partial charge in [0.1, 0.15) is 11.6 Å². The Morgan fingerprint density at radius 1 is 1.28 bits per heavy atom. The Labute approximate surface area is 174 Å². The summed E-state index contributed by atoms with van der Waals surface area (Å²) in [7, 11) is 0. The Morgan fingerprint density at radius 2 is 2.10 bits per heavy atom. The Bertz CT molecular complexity index is 1070. The molecule has 150 valence electrons. The fourth-order valence-electron chi connectivity index (χ4n) is 3.31. The summed E-state index contributed by atoms with van der Waals surface area (Å²) in [6.45, 7) is 2.45. The van der Waals surface area contributed by atoms with Crippen molar-refractivity contribution in [2.24, 2.45) is 5.92 Å². The minimum Gasteiger partial charge on any atom is -0.493 e. The number of nitrogens with zero attached hydrogens (tertiary/aromatic N) is 1. The van der Waals surface area contributed by atoms with Crippen molar-refractivity contribution < 1.29 is 13.9 Å². The molecule has 6 heteroatoms. The van der Waals surface area contributed by atoms with Crippen molar-refractivity contribution in [3.05, 3.63) is 65.1 Å². The summed E-state index contributed by atoms with van der Waals surface area (Å²) < 4.78 is 20.1. The molecule has 1 heterocycles. The van der Waals surface area contributed by atoms with Gasteiger partial charge in [0, 0.05) is 29.2 Å². The van der Waals surface area contributed by atoms with Gasteiger partial charge in [0.15, 0.2) is 0 Å². The molecule has 1 aliphatic carbocycles. The Hall–Kier alpha value is -2.66. The van der Waals surface area contributed by atoms with Crippen molar-refractivity contribution in [3.8, 4) is 5.75 Å². The molecule has 3 aromatic rings. The minimum absolute atomic E-state index is 0.0236. The summed E-state index contributed by atoms with van der Waals surface area (Å²) in [4.78, 5) is 17.1. The predicted molar refractivity (Wildman–Crippen MR) is 113 cm³/mol. The summed E-state index contributed by atoms with van der Waals surface area (Å²) in [5.74, 6) is 0.480. The second kappa shape index (κ2) is 8.37. The number of halogens is 2. The van der Waals surface area contributed by atoms with Gasteiger partial charge in [-0.25, -0.2) is 4.39 Å². The lowest BCUT2D eigenvalue weighted by Crippen LogP contribution is -2.15. The molecule has 0 radical (unpaired) electrons. The maximum absolute atomic E-state index is 14.5. The summed E-state index contributed by atoms with van der Waals surface area (Å²) in [6.07, 6.45) is 5.23. The molecular formula is C23H22ClFN2O2. The molecule has 1 aromatic heterocycles. The third-order valence-electron chi connectivity index (χ3n) is 5.24. The van der Waals surface area contributed by atoms with Gasteiger partial charge >= 0.3 is 0 Å². The second-order valence-corrected chi connectivity index (χ2v) is 7.73. The molecule has 0 spiro atoms. The molecule has 4 rings (SSSR count). The van der Waals surface area contributed by atoms with Crippen molar-refractivity contribution in [2.75, 3.05) is 11.9 Å². The van der Waals surface area contributed by atoms with Crippen LogP contribution in [-0.4, -0.2) is 17.5 Å². The fraction of sp³-hybridized carbons (Fsp3) is 0.304.